The molecular formula is C15H13FN2O2. The van der Waals surface area contributed by atoms with Crippen LogP contribution in [-0.2, 0) is 0 Å². The van der Waals surface area contributed by atoms with E-state index in [-0.39, 0.29) is 5.75 Å². The number of carbonyl (C=O) groups is 1. The third-order valence-corrected chi connectivity index (χ3v) is 2.70. The first-order chi connectivity index (χ1) is 9.56. The van der Waals surface area contributed by atoms with Crippen LogP contribution in [0.2, 0.25) is 0 Å². The van der Waals surface area contributed by atoms with E-state index in [0.29, 0.717) is 16.8 Å². The molecule has 0 fully saturated rings. The molecule has 4 nitrogen and oxygen atoms in total. The summed E-state index contributed by atoms with van der Waals surface area (Å²) in [4.78, 5) is 11.8. The van der Waals surface area contributed by atoms with Crippen LogP contribution in [-0.4, -0.2) is 16.7 Å². The molecule has 0 saturated carbocycles. The number of benzene rings is 2. The number of amides is 1. The maximum absolute atomic E-state index is 12.7. The van der Waals surface area contributed by atoms with Gasteiger partial charge in [-0.2, -0.15) is 5.10 Å². The van der Waals surface area contributed by atoms with Gasteiger partial charge in [-0.1, -0.05) is 12.1 Å². The minimum Gasteiger partial charge on any atom is -0.508 e. The van der Waals surface area contributed by atoms with E-state index in [0.717, 1.165) is 0 Å². The van der Waals surface area contributed by atoms with Crippen LogP contribution in [0.25, 0.3) is 0 Å². The van der Waals surface area contributed by atoms with Gasteiger partial charge in [0.1, 0.15) is 11.6 Å². The van der Waals surface area contributed by atoms with Gasteiger partial charge in [0.25, 0.3) is 5.91 Å². The number of hydrazone groups is 1. The molecule has 0 spiro atoms. The second-order valence-electron chi connectivity index (χ2n) is 4.20. The van der Waals surface area contributed by atoms with Crippen LogP contribution in [0.3, 0.4) is 0 Å². The maximum atomic E-state index is 12.7. The molecule has 102 valence electrons. The van der Waals surface area contributed by atoms with E-state index in [4.69, 9.17) is 0 Å². The highest BCUT2D eigenvalue weighted by Crippen LogP contribution is 2.11. The van der Waals surface area contributed by atoms with Crippen LogP contribution >= 0.6 is 0 Å². The molecule has 1 amide bonds. The van der Waals surface area contributed by atoms with Crippen molar-refractivity contribution in [3.05, 3.63) is 65.5 Å². The van der Waals surface area contributed by atoms with E-state index < -0.39 is 11.7 Å². The molecule has 0 aliphatic heterocycles. The average Bonchev–Trinajstić information content (AvgIpc) is 2.45. The van der Waals surface area contributed by atoms with Gasteiger partial charge in [0, 0.05) is 11.1 Å². The lowest BCUT2D eigenvalue weighted by molar-refractivity contribution is 0.0955. The van der Waals surface area contributed by atoms with E-state index in [1.54, 1.807) is 31.2 Å². The summed E-state index contributed by atoms with van der Waals surface area (Å²) in [6.07, 6.45) is 0. The van der Waals surface area contributed by atoms with Crippen molar-refractivity contribution in [1.29, 1.82) is 0 Å². The Morgan fingerprint density at radius 2 is 1.85 bits per heavy atom. The molecule has 0 aliphatic rings. The molecule has 2 aromatic carbocycles. The highest BCUT2D eigenvalue weighted by atomic mass is 19.1. The van der Waals surface area contributed by atoms with Crippen molar-refractivity contribution in [2.24, 2.45) is 5.10 Å². The summed E-state index contributed by atoms with van der Waals surface area (Å²) in [6.45, 7) is 1.71. The number of nitrogens with one attached hydrogen (secondary N) is 1. The maximum Gasteiger partial charge on any atom is 0.271 e. The lowest BCUT2D eigenvalue weighted by atomic mass is 10.1. The third-order valence-electron chi connectivity index (χ3n) is 2.70. The largest absolute Gasteiger partial charge is 0.508 e. The molecule has 2 aromatic rings. The first-order valence-electron chi connectivity index (χ1n) is 5.96. The predicted octanol–water partition coefficient (Wildman–Crippen LogP) is 2.69. The molecule has 0 radical (unpaired) electrons. The molecule has 0 heterocycles. The fourth-order valence-corrected chi connectivity index (χ4v) is 1.60. The van der Waals surface area contributed by atoms with Gasteiger partial charge in [0.2, 0.25) is 0 Å². The lowest BCUT2D eigenvalue weighted by Gasteiger charge is -2.03. The molecule has 2 N–H and O–H groups in total. The van der Waals surface area contributed by atoms with E-state index in [1.807, 2.05) is 0 Å². The summed E-state index contributed by atoms with van der Waals surface area (Å²) in [6, 6.07) is 11.7. The van der Waals surface area contributed by atoms with E-state index in [9.17, 15) is 14.3 Å². The minimum absolute atomic E-state index is 0.127. The molecule has 0 atom stereocenters. The van der Waals surface area contributed by atoms with Crippen LogP contribution in [0.4, 0.5) is 4.39 Å². The highest BCUT2D eigenvalue weighted by molar-refractivity contribution is 6.01. The number of phenolic OH excluding ortho intramolecular Hbond substituents is 1. The molecule has 20 heavy (non-hydrogen) atoms. The van der Waals surface area contributed by atoms with Gasteiger partial charge >= 0.3 is 0 Å². The summed E-state index contributed by atoms with van der Waals surface area (Å²) >= 11 is 0. The quantitative estimate of drug-likeness (QED) is 0.666. The third kappa shape index (κ3) is 3.41. The number of aromatic hydroxyl groups is 1. The van der Waals surface area contributed by atoms with Crippen LogP contribution < -0.4 is 5.43 Å². The van der Waals surface area contributed by atoms with Gasteiger partial charge in [0.05, 0.1) is 5.71 Å². The zero-order valence-electron chi connectivity index (χ0n) is 10.8. The van der Waals surface area contributed by atoms with Crippen molar-refractivity contribution in [2.45, 2.75) is 6.92 Å². The van der Waals surface area contributed by atoms with Crippen LogP contribution in [0.5, 0.6) is 5.75 Å². The second-order valence-corrected chi connectivity index (χ2v) is 4.20. The number of nitrogens with zero attached hydrogens (tertiary/aromatic N) is 1. The first kappa shape index (κ1) is 13.7. The van der Waals surface area contributed by atoms with Gasteiger partial charge in [-0.15, -0.1) is 0 Å². The Kier molecular flexibility index (Phi) is 4.10. The molecule has 0 saturated heterocycles. The molecule has 0 unspecified atom stereocenters. The summed E-state index contributed by atoms with van der Waals surface area (Å²) in [5, 5.41) is 13.3. The first-order valence-corrected chi connectivity index (χ1v) is 5.96. The Balaban J connectivity index is 2.08. The van der Waals surface area contributed by atoms with E-state index in [1.165, 1.54) is 24.3 Å². The van der Waals surface area contributed by atoms with Crippen molar-refractivity contribution < 1.29 is 14.3 Å². The minimum atomic E-state index is -0.426. The monoisotopic (exact) mass is 272 g/mol. The molecule has 0 aromatic heterocycles. The van der Waals surface area contributed by atoms with Crippen molar-refractivity contribution in [3.63, 3.8) is 0 Å². The fraction of sp³-hybridized carbons (Fsp3) is 0.0667. The molecule has 0 aliphatic carbocycles. The topological polar surface area (TPSA) is 61.7 Å². The van der Waals surface area contributed by atoms with Gasteiger partial charge < -0.3 is 5.11 Å². The summed E-state index contributed by atoms with van der Waals surface area (Å²) in [5.41, 5.74) is 3.95. The zero-order valence-corrected chi connectivity index (χ0v) is 10.8. The Labute approximate surface area is 115 Å². The van der Waals surface area contributed by atoms with E-state index in [2.05, 4.69) is 10.5 Å². The van der Waals surface area contributed by atoms with E-state index >= 15 is 0 Å². The molecule has 5 heteroatoms. The summed E-state index contributed by atoms with van der Waals surface area (Å²) in [5.74, 6) is -0.701. The standard InChI is InChI=1S/C15H13FN2O2/c1-10(12-3-2-4-14(19)9-12)17-18-15(20)11-5-7-13(16)8-6-11/h2-9,19H,1H3,(H,18,20). The Bertz CT molecular complexity index is 651. The van der Waals surface area contributed by atoms with Crippen molar-refractivity contribution in [2.75, 3.05) is 0 Å². The predicted molar refractivity (Wildman–Crippen MR) is 74.2 cm³/mol. The van der Waals surface area contributed by atoms with Crippen molar-refractivity contribution in [3.8, 4) is 5.75 Å². The average molecular weight is 272 g/mol. The number of rotatable bonds is 3. The Hall–Kier alpha value is -2.69. The number of hydrogen-bond donors (Lipinski definition) is 2. The molecular weight excluding hydrogens is 259 g/mol. The Morgan fingerprint density at radius 3 is 2.50 bits per heavy atom. The van der Waals surface area contributed by atoms with Crippen LogP contribution in [0.1, 0.15) is 22.8 Å². The number of carbonyl (C=O) groups excluding carboxylic acids is 1. The van der Waals surface area contributed by atoms with Gasteiger partial charge in [-0.25, -0.2) is 9.82 Å². The smallest absolute Gasteiger partial charge is 0.271 e. The SMILES string of the molecule is CC(=NNC(=O)c1ccc(F)cc1)c1cccc(O)c1. The number of phenols is 1. The second kappa shape index (κ2) is 5.97. The van der Waals surface area contributed by atoms with Crippen LogP contribution in [0.15, 0.2) is 53.6 Å². The van der Waals surface area contributed by atoms with Crippen LogP contribution in [0, 0.1) is 5.82 Å². The summed E-state index contributed by atoms with van der Waals surface area (Å²) in [7, 11) is 0. The van der Waals surface area contributed by atoms with Crippen molar-refractivity contribution >= 4 is 11.6 Å². The normalized spacial score (nSPS) is 11.2. The molecule has 2 rings (SSSR count). The zero-order chi connectivity index (χ0) is 14.5. The van der Waals surface area contributed by atoms with Gasteiger partial charge in [-0.05, 0) is 43.3 Å². The number of hydrogen-bond acceptors (Lipinski definition) is 3. The Morgan fingerprint density at radius 1 is 1.15 bits per heavy atom. The molecule has 0 bridgehead atoms. The fourth-order valence-electron chi connectivity index (χ4n) is 1.60. The van der Waals surface area contributed by atoms with Crippen molar-refractivity contribution in [1.82, 2.24) is 5.43 Å². The van der Waals surface area contributed by atoms with Gasteiger partial charge in [-0.3, -0.25) is 4.79 Å². The number of halogens is 1. The highest BCUT2D eigenvalue weighted by Gasteiger charge is 2.05. The van der Waals surface area contributed by atoms with Gasteiger partial charge in [0.15, 0.2) is 0 Å². The summed E-state index contributed by atoms with van der Waals surface area (Å²) < 4.78 is 12.7. The lowest BCUT2D eigenvalue weighted by Crippen LogP contribution is -2.19.